The van der Waals surface area contributed by atoms with E-state index in [-0.39, 0.29) is 5.54 Å². The molecule has 0 bridgehead atoms. The number of rotatable bonds is 2. The van der Waals surface area contributed by atoms with Crippen molar-refractivity contribution in [2.24, 2.45) is 4.99 Å². The summed E-state index contributed by atoms with van der Waals surface area (Å²) in [6.07, 6.45) is 4.58. The molecule has 2 rings (SSSR count). The van der Waals surface area contributed by atoms with E-state index < -0.39 is 0 Å². The predicted molar refractivity (Wildman–Crippen MR) is 114 cm³/mol. The first-order chi connectivity index (χ1) is 11.5. The normalized spacial score (nSPS) is 16.0. The molecule has 1 nitrogen and oxygen atoms in total. The van der Waals surface area contributed by atoms with Crippen molar-refractivity contribution < 1.29 is 0 Å². The number of hydrogen-bond acceptors (Lipinski definition) is 1. The maximum absolute atomic E-state index is 5.16. The van der Waals surface area contributed by atoms with Crippen LogP contribution >= 0.6 is 0 Å². The second-order valence-corrected chi connectivity index (χ2v) is 9.53. The third-order valence-electron chi connectivity index (χ3n) is 4.28. The summed E-state index contributed by atoms with van der Waals surface area (Å²) >= 11 is 0. The molecule has 0 saturated heterocycles. The summed E-state index contributed by atoms with van der Waals surface area (Å²) in [6, 6.07) is 4.56. The van der Waals surface area contributed by atoms with Gasteiger partial charge in [-0.3, -0.25) is 0 Å². The van der Waals surface area contributed by atoms with Crippen molar-refractivity contribution in [2.45, 2.75) is 67.9 Å². The fourth-order valence-corrected chi connectivity index (χ4v) is 5.22. The van der Waals surface area contributed by atoms with Crippen LogP contribution < -0.4 is 0 Å². The summed E-state index contributed by atoms with van der Waals surface area (Å²) in [4.78, 5) is 5.16. The van der Waals surface area contributed by atoms with Gasteiger partial charge in [0.1, 0.15) is 0 Å². The molecule has 1 aromatic rings. The molecule has 0 amide bonds. The Morgan fingerprint density at radius 3 is 1.84 bits per heavy atom. The van der Waals surface area contributed by atoms with Crippen LogP contribution in [0.1, 0.15) is 63.8 Å². The second-order valence-electron chi connectivity index (χ2n) is 8.30. The third kappa shape index (κ3) is 4.91. The quantitative estimate of drug-likeness (QED) is 0.378. The second kappa shape index (κ2) is 7.29. The number of nitrogens with zero attached hydrogens (tertiary/aromatic N) is 1. The van der Waals surface area contributed by atoms with Gasteiger partial charge < -0.3 is 14.1 Å². The lowest BCUT2D eigenvalue weighted by molar-refractivity contribution is 0.585. The lowest BCUT2D eigenvalue weighted by Crippen LogP contribution is -2.24. The van der Waals surface area contributed by atoms with E-state index in [9.17, 15) is 0 Å². The first-order valence-corrected chi connectivity index (χ1v) is 10.0. The molecule has 0 saturated carbocycles. The number of hydrogen-bond donors (Lipinski definition) is 0. The van der Waals surface area contributed by atoms with E-state index in [0.29, 0.717) is 9.13 Å². The van der Waals surface area contributed by atoms with Crippen molar-refractivity contribution in [1.29, 1.82) is 0 Å². The molecule has 132 valence electrons. The predicted octanol–water partition coefficient (Wildman–Crippen LogP) is 5.53. The first-order valence-electron chi connectivity index (χ1n) is 9.01. The van der Waals surface area contributed by atoms with Gasteiger partial charge in [0.25, 0.3) is 0 Å². The smallest absolute Gasteiger partial charge is 0.0503 e. The van der Waals surface area contributed by atoms with Crippen molar-refractivity contribution in [3.63, 3.8) is 0 Å². The Hall–Kier alpha value is -1.67. The van der Waals surface area contributed by atoms with Crippen LogP contribution in [0.15, 0.2) is 40.4 Å². The zero-order valence-electron chi connectivity index (χ0n) is 17.3. The fourth-order valence-electron chi connectivity index (χ4n) is 3.53. The largest absolute Gasteiger partial charge is 0.335 e. The summed E-state index contributed by atoms with van der Waals surface area (Å²) in [7, 11) is 0.580. The molecule has 0 N–H and O–H groups in total. The van der Waals surface area contributed by atoms with Crippen molar-refractivity contribution in [3.05, 3.63) is 63.6 Å². The Morgan fingerprint density at radius 1 is 0.920 bits per heavy atom. The van der Waals surface area contributed by atoms with E-state index in [1.54, 1.807) is 0 Å². The van der Waals surface area contributed by atoms with Gasteiger partial charge in [-0.15, -0.1) is 10.5 Å². The van der Waals surface area contributed by atoms with Gasteiger partial charge in [0.2, 0.25) is 0 Å². The average molecular weight is 350 g/mol. The highest BCUT2D eigenvalue weighted by atomic mass is 28.2. The number of aryl methyl sites for hydroxylation is 3. The molecule has 0 unspecified atom stereocenters. The first kappa shape index (κ1) is 19.6. The van der Waals surface area contributed by atoms with Crippen LogP contribution in [0.2, 0.25) is 0 Å². The average Bonchev–Trinajstić information content (AvgIpc) is 2.39. The molecular weight excluding hydrogens is 318 g/mol. The molecule has 0 aromatic heterocycles. The van der Waals surface area contributed by atoms with Crippen LogP contribution in [0.4, 0.5) is 0 Å². The maximum atomic E-state index is 5.16. The topological polar surface area (TPSA) is 12.4 Å². The molecule has 1 aliphatic rings. The minimum atomic E-state index is -0.0847. The van der Waals surface area contributed by atoms with Crippen molar-refractivity contribution in [3.8, 4) is 0 Å². The van der Waals surface area contributed by atoms with Crippen LogP contribution in [0.3, 0.4) is 0 Å². The molecule has 2 heteroatoms. The molecule has 0 radical (unpaired) electrons. The summed E-state index contributed by atoms with van der Waals surface area (Å²) < 4.78 is 0. The molecule has 0 fully saturated rings. The molecule has 1 aliphatic carbocycles. The molecule has 0 heterocycles. The van der Waals surface area contributed by atoms with Crippen molar-refractivity contribution in [2.75, 3.05) is 0 Å². The van der Waals surface area contributed by atoms with E-state index in [1.807, 2.05) is 0 Å². The summed E-state index contributed by atoms with van der Waals surface area (Å²) in [5.74, 6) is 1.33. The lowest BCUT2D eigenvalue weighted by Gasteiger charge is -2.27. The van der Waals surface area contributed by atoms with Gasteiger partial charge in [-0.25, -0.2) is 0 Å². The summed E-state index contributed by atoms with van der Waals surface area (Å²) in [6.45, 7) is 19.8. The van der Waals surface area contributed by atoms with Gasteiger partial charge in [0.05, 0.1) is 12.2 Å². The van der Waals surface area contributed by atoms with E-state index in [1.165, 1.54) is 49.8 Å². The Labute approximate surface area is 156 Å². The molecule has 1 aromatic carbocycles. The molecule has 0 aliphatic heterocycles. The number of benzene rings is 1. The molecule has 0 spiro atoms. The van der Waals surface area contributed by atoms with Crippen LogP contribution in [-0.2, 0) is 0 Å². The van der Waals surface area contributed by atoms with Crippen LogP contribution in [0.25, 0.3) is 0 Å². The van der Waals surface area contributed by atoms with E-state index in [0.717, 1.165) is 0 Å². The monoisotopic (exact) mass is 349 g/mol. The SMILES string of the molecule is CC1=C[C+](C)C=C(C)C1=[Si-]C(=NC(C)(C)C)c1c(C)cc(C)cc1C. The van der Waals surface area contributed by atoms with Crippen LogP contribution in [0, 0.1) is 26.7 Å². The minimum absolute atomic E-state index is 0.0847. The Bertz CT molecular complexity index is 753. The fraction of sp³-hybridized carbons (Fsp3) is 0.435. The lowest BCUT2D eigenvalue weighted by atomic mass is 9.94. The van der Waals surface area contributed by atoms with Gasteiger partial charge in [0, 0.05) is 43.4 Å². The molecule has 25 heavy (non-hydrogen) atoms. The Morgan fingerprint density at radius 2 is 1.40 bits per heavy atom. The summed E-state index contributed by atoms with van der Waals surface area (Å²) in [5, 5.41) is 2.67. The Kier molecular flexibility index (Phi) is 5.73. The zero-order chi connectivity index (χ0) is 18.9. The van der Waals surface area contributed by atoms with Crippen molar-refractivity contribution >= 4 is 19.6 Å². The summed E-state index contributed by atoms with van der Waals surface area (Å²) in [5.41, 5.74) is 7.97. The number of allylic oxidation sites excluding steroid dienone is 4. The van der Waals surface area contributed by atoms with Gasteiger partial charge in [-0.05, 0) is 58.2 Å². The highest BCUT2D eigenvalue weighted by Crippen LogP contribution is 2.22. The number of aliphatic imine (C=N–C) groups is 1. The minimum Gasteiger partial charge on any atom is -0.335 e. The van der Waals surface area contributed by atoms with Crippen molar-refractivity contribution in [1.82, 2.24) is 0 Å². The maximum Gasteiger partial charge on any atom is 0.0503 e. The van der Waals surface area contributed by atoms with E-state index in [4.69, 9.17) is 4.99 Å². The van der Waals surface area contributed by atoms with E-state index in [2.05, 4.69) is 86.6 Å². The Balaban J connectivity index is 2.69. The van der Waals surface area contributed by atoms with Gasteiger partial charge >= 0.3 is 0 Å². The molecule has 0 atom stereocenters. The highest BCUT2D eigenvalue weighted by molar-refractivity contribution is 6.88. The highest BCUT2D eigenvalue weighted by Gasteiger charge is 2.15. The van der Waals surface area contributed by atoms with E-state index >= 15 is 0 Å². The van der Waals surface area contributed by atoms with Gasteiger partial charge in [0.15, 0.2) is 0 Å². The zero-order valence-corrected chi connectivity index (χ0v) is 18.3. The molecular formula is C23H31NSi. The van der Waals surface area contributed by atoms with Gasteiger partial charge in [-0.1, -0.05) is 17.7 Å². The van der Waals surface area contributed by atoms with Gasteiger partial charge in [-0.2, -0.15) is 0 Å². The van der Waals surface area contributed by atoms with Crippen LogP contribution in [0.5, 0.6) is 0 Å². The third-order valence-corrected chi connectivity index (χ3v) is 5.92. The standard InChI is InChI=1S/C23H31NSi/c1-14-10-16(3)20(17(4)11-14)22(24-23(7,8)9)25-21-18(5)12-15(2)13-19(21)6/h10-13H,1-9H3. The van der Waals surface area contributed by atoms with Crippen LogP contribution in [-0.4, -0.2) is 25.2 Å².